The topological polar surface area (TPSA) is 66.6 Å². The smallest absolute Gasteiger partial charge is 0.261 e. The van der Waals surface area contributed by atoms with Gasteiger partial charge in [-0.2, -0.15) is 0 Å². The quantitative estimate of drug-likeness (QED) is 0.850. The lowest BCUT2D eigenvalue weighted by Crippen LogP contribution is -2.39. The predicted octanol–water partition coefficient (Wildman–Crippen LogP) is 1.37. The van der Waals surface area contributed by atoms with Crippen LogP contribution in [0.3, 0.4) is 0 Å². The lowest BCUT2D eigenvalue weighted by molar-refractivity contribution is 0.0634. The molecule has 0 bridgehead atoms. The summed E-state index contributed by atoms with van der Waals surface area (Å²) in [6.07, 6.45) is 1.10. The molecule has 2 heterocycles. The fourth-order valence-corrected chi connectivity index (χ4v) is 3.37. The summed E-state index contributed by atoms with van der Waals surface area (Å²) in [5, 5.41) is 0. The number of carbonyl (C=O) groups excluding carboxylic acids is 2. The highest BCUT2D eigenvalue weighted by Gasteiger charge is 2.36. The van der Waals surface area contributed by atoms with E-state index in [0.717, 1.165) is 19.5 Å². The van der Waals surface area contributed by atoms with Crippen molar-refractivity contribution in [2.75, 3.05) is 26.2 Å². The van der Waals surface area contributed by atoms with Crippen LogP contribution in [0.4, 0.5) is 0 Å². The Bertz CT molecular complexity index is 543. The highest BCUT2D eigenvalue weighted by atomic mass is 35.5. The van der Waals surface area contributed by atoms with Crippen LogP contribution < -0.4 is 5.73 Å². The lowest BCUT2D eigenvalue weighted by atomic mass is 10.1. The Morgan fingerprint density at radius 3 is 2.23 bits per heavy atom. The molecule has 2 amide bonds. The predicted molar refractivity (Wildman–Crippen MR) is 87.3 cm³/mol. The highest BCUT2D eigenvalue weighted by Crippen LogP contribution is 2.24. The molecule has 6 heteroatoms. The first kappa shape index (κ1) is 16.9. The molecule has 1 aromatic carbocycles. The van der Waals surface area contributed by atoms with Gasteiger partial charge in [-0.25, -0.2) is 0 Å². The largest absolute Gasteiger partial charge is 0.330 e. The van der Waals surface area contributed by atoms with Crippen LogP contribution in [0.1, 0.15) is 34.1 Å². The molecule has 0 radical (unpaired) electrons. The third kappa shape index (κ3) is 2.89. The lowest BCUT2D eigenvalue weighted by Gasteiger charge is -2.23. The molecule has 120 valence electrons. The number of likely N-dealkylation sites (tertiary alicyclic amines) is 1. The van der Waals surface area contributed by atoms with E-state index in [2.05, 4.69) is 11.8 Å². The fourth-order valence-electron chi connectivity index (χ4n) is 3.37. The van der Waals surface area contributed by atoms with Gasteiger partial charge in [0.1, 0.15) is 0 Å². The minimum Gasteiger partial charge on any atom is -0.330 e. The van der Waals surface area contributed by atoms with E-state index in [4.69, 9.17) is 5.73 Å². The number of nitrogens with two attached hydrogens (primary N) is 1. The molecule has 0 aromatic heterocycles. The van der Waals surface area contributed by atoms with Crippen molar-refractivity contribution in [2.24, 2.45) is 11.7 Å². The number of rotatable bonds is 4. The molecule has 5 nitrogen and oxygen atoms in total. The first-order valence-electron chi connectivity index (χ1n) is 7.51. The number of amides is 2. The molecule has 3 rings (SSSR count). The van der Waals surface area contributed by atoms with E-state index in [0.29, 0.717) is 36.2 Å². The molecule has 1 aromatic rings. The maximum atomic E-state index is 12.3. The van der Waals surface area contributed by atoms with Crippen molar-refractivity contribution in [1.82, 2.24) is 9.80 Å². The third-order valence-corrected chi connectivity index (χ3v) is 4.61. The third-order valence-electron chi connectivity index (χ3n) is 4.61. The number of carbonyl (C=O) groups is 2. The second-order valence-corrected chi connectivity index (χ2v) is 5.99. The van der Waals surface area contributed by atoms with Gasteiger partial charge in [0, 0.05) is 25.7 Å². The van der Waals surface area contributed by atoms with Crippen LogP contribution in [0.25, 0.3) is 0 Å². The van der Waals surface area contributed by atoms with Crippen LogP contribution in [-0.2, 0) is 0 Å². The normalized spacial score (nSPS) is 24.5. The van der Waals surface area contributed by atoms with Crippen LogP contribution in [0.5, 0.6) is 0 Å². The number of nitrogens with zero attached hydrogens (tertiary/aromatic N) is 2. The molecule has 0 aliphatic carbocycles. The maximum Gasteiger partial charge on any atom is 0.261 e. The molecule has 22 heavy (non-hydrogen) atoms. The molecule has 2 N–H and O–H groups in total. The van der Waals surface area contributed by atoms with Crippen LogP contribution >= 0.6 is 12.4 Å². The maximum absolute atomic E-state index is 12.3. The van der Waals surface area contributed by atoms with Crippen molar-refractivity contribution in [3.05, 3.63) is 35.4 Å². The summed E-state index contributed by atoms with van der Waals surface area (Å²) < 4.78 is 0. The van der Waals surface area contributed by atoms with Crippen molar-refractivity contribution >= 4 is 24.2 Å². The Labute approximate surface area is 136 Å². The van der Waals surface area contributed by atoms with E-state index in [-0.39, 0.29) is 24.2 Å². The minimum atomic E-state index is -0.169. The highest BCUT2D eigenvalue weighted by molar-refractivity contribution is 6.21. The molecule has 0 saturated carbocycles. The zero-order valence-corrected chi connectivity index (χ0v) is 13.5. The molecule has 2 atom stereocenters. The summed E-state index contributed by atoms with van der Waals surface area (Å²) >= 11 is 0. The van der Waals surface area contributed by atoms with Crippen molar-refractivity contribution in [3.8, 4) is 0 Å². The molecule has 2 unspecified atom stereocenters. The minimum absolute atomic E-state index is 0. The van der Waals surface area contributed by atoms with E-state index in [1.54, 1.807) is 24.3 Å². The summed E-state index contributed by atoms with van der Waals surface area (Å²) in [7, 11) is 0. The SMILES string of the molecule is CC1CC(CN)CN1CCN1C(=O)c2ccccc2C1=O.Cl. The van der Waals surface area contributed by atoms with Crippen LogP contribution in [0.2, 0.25) is 0 Å². The van der Waals surface area contributed by atoms with E-state index in [1.807, 2.05) is 0 Å². The van der Waals surface area contributed by atoms with Gasteiger partial charge in [-0.05, 0) is 37.9 Å². The summed E-state index contributed by atoms with van der Waals surface area (Å²) in [5.74, 6) is 0.192. The standard InChI is InChI=1S/C16H21N3O2.ClH/c1-11-8-12(9-17)10-18(11)6-7-19-15(20)13-4-2-3-5-14(13)16(19)21;/h2-5,11-12H,6-10,17H2,1H3;1H. The zero-order valence-electron chi connectivity index (χ0n) is 12.7. The van der Waals surface area contributed by atoms with Gasteiger partial charge in [0.25, 0.3) is 11.8 Å². The Balaban J connectivity index is 0.00000176. The monoisotopic (exact) mass is 323 g/mol. The Hall–Kier alpha value is -1.43. The number of hydrogen-bond donors (Lipinski definition) is 1. The molecule has 0 spiro atoms. The second-order valence-electron chi connectivity index (χ2n) is 5.99. The Morgan fingerprint density at radius 1 is 1.14 bits per heavy atom. The molecule has 2 aliphatic rings. The number of imide groups is 1. The van der Waals surface area contributed by atoms with Gasteiger partial charge in [-0.3, -0.25) is 19.4 Å². The number of hydrogen-bond acceptors (Lipinski definition) is 4. The first-order valence-corrected chi connectivity index (χ1v) is 7.51. The average Bonchev–Trinajstić information content (AvgIpc) is 2.97. The molecule has 2 aliphatic heterocycles. The second kappa shape index (κ2) is 6.77. The van der Waals surface area contributed by atoms with Crippen molar-refractivity contribution < 1.29 is 9.59 Å². The summed E-state index contributed by atoms with van der Waals surface area (Å²) in [5.41, 5.74) is 6.78. The molecule has 1 fully saturated rings. The van der Waals surface area contributed by atoms with Gasteiger partial charge in [0.2, 0.25) is 0 Å². The average molecular weight is 324 g/mol. The van der Waals surface area contributed by atoms with Crippen LogP contribution in [0.15, 0.2) is 24.3 Å². The molecular formula is C16H22ClN3O2. The summed E-state index contributed by atoms with van der Waals surface area (Å²) in [6, 6.07) is 7.49. The van der Waals surface area contributed by atoms with Gasteiger partial charge in [0.15, 0.2) is 0 Å². The zero-order chi connectivity index (χ0) is 15.0. The fraction of sp³-hybridized carbons (Fsp3) is 0.500. The summed E-state index contributed by atoms with van der Waals surface area (Å²) in [6.45, 7) is 5.02. The van der Waals surface area contributed by atoms with Crippen LogP contribution in [0, 0.1) is 5.92 Å². The number of benzene rings is 1. The first-order chi connectivity index (χ1) is 10.1. The van der Waals surface area contributed by atoms with Gasteiger partial charge in [-0.15, -0.1) is 12.4 Å². The summed E-state index contributed by atoms with van der Waals surface area (Å²) in [4.78, 5) is 28.2. The van der Waals surface area contributed by atoms with E-state index >= 15 is 0 Å². The van der Waals surface area contributed by atoms with Crippen molar-refractivity contribution in [1.29, 1.82) is 0 Å². The van der Waals surface area contributed by atoms with Crippen molar-refractivity contribution in [3.63, 3.8) is 0 Å². The van der Waals surface area contributed by atoms with Gasteiger partial charge >= 0.3 is 0 Å². The molecular weight excluding hydrogens is 302 g/mol. The van der Waals surface area contributed by atoms with Gasteiger partial charge in [-0.1, -0.05) is 12.1 Å². The van der Waals surface area contributed by atoms with E-state index in [9.17, 15) is 9.59 Å². The van der Waals surface area contributed by atoms with E-state index in [1.165, 1.54) is 4.90 Å². The number of fused-ring (bicyclic) bond motifs is 1. The van der Waals surface area contributed by atoms with Gasteiger partial charge < -0.3 is 5.73 Å². The van der Waals surface area contributed by atoms with Gasteiger partial charge in [0.05, 0.1) is 11.1 Å². The molecule has 1 saturated heterocycles. The Kier molecular flexibility index (Phi) is 5.21. The Morgan fingerprint density at radius 2 is 1.73 bits per heavy atom. The van der Waals surface area contributed by atoms with Crippen molar-refractivity contribution in [2.45, 2.75) is 19.4 Å². The van der Waals surface area contributed by atoms with Crippen LogP contribution in [-0.4, -0.2) is 53.8 Å². The number of halogens is 1. The van der Waals surface area contributed by atoms with E-state index < -0.39 is 0 Å².